The molecule has 4 rings (SSSR count). The van der Waals surface area contributed by atoms with Crippen LogP contribution in [0.5, 0.6) is 17.5 Å². The minimum Gasteiger partial charge on any atom is -0.474 e. The summed E-state index contributed by atoms with van der Waals surface area (Å²) < 4.78 is 12.2. The van der Waals surface area contributed by atoms with Gasteiger partial charge in [-0.25, -0.2) is 14.8 Å². The van der Waals surface area contributed by atoms with Gasteiger partial charge in [-0.2, -0.15) is 0 Å². The molecule has 2 aliphatic heterocycles. The van der Waals surface area contributed by atoms with Crippen molar-refractivity contribution in [3.63, 3.8) is 0 Å². The van der Waals surface area contributed by atoms with Gasteiger partial charge >= 0.3 is 6.09 Å². The van der Waals surface area contributed by atoms with Crippen molar-refractivity contribution >= 4 is 35.1 Å². The lowest BCUT2D eigenvalue weighted by atomic mass is 9.80. The molecule has 1 aromatic carbocycles. The zero-order valence-corrected chi connectivity index (χ0v) is 21.3. The van der Waals surface area contributed by atoms with E-state index < -0.39 is 12.0 Å². The number of ether oxygens (including phenoxy) is 2. The summed E-state index contributed by atoms with van der Waals surface area (Å²) in [6.45, 7) is 8.29. The first-order valence-electron chi connectivity index (χ1n) is 11.5. The second-order valence-electron chi connectivity index (χ2n) is 9.75. The van der Waals surface area contributed by atoms with Crippen molar-refractivity contribution < 1.29 is 29.0 Å². The van der Waals surface area contributed by atoms with E-state index in [1.165, 1.54) is 11.2 Å². The van der Waals surface area contributed by atoms with Crippen LogP contribution in [0.15, 0.2) is 35.5 Å². The average molecular weight is 513 g/mol. The zero-order chi connectivity index (χ0) is 26.0. The number of piperidine rings is 1. The zero-order valence-electron chi connectivity index (χ0n) is 20.5. The highest BCUT2D eigenvalue weighted by molar-refractivity contribution is 8.18. The molecule has 190 valence electrons. The molecule has 1 aromatic heterocycles. The first kappa shape index (κ1) is 25.5. The smallest absolute Gasteiger partial charge is 0.407 e. The Labute approximate surface area is 213 Å². The molecule has 36 heavy (non-hydrogen) atoms. The van der Waals surface area contributed by atoms with Gasteiger partial charge in [0, 0.05) is 25.4 Å². The number of hydrogen-bond acceptors (Lipinski definition) is 8. The van der Waals surface area contributed by atoms with Crippen molar-refractivity contribution in [2.45, 2.75) is 52.7 Å². The van der Waals surface area contributed by atoms with E-state index in [1.807, 2.05) is 27.7 Å². The van der Waals surface area contributed by atoms with E-state index in [1.54, 1.807) is 30.3 Å². The van der Waals surface area contributed by atoms with Crippen molar-refractivity contribution in [2.24, 2.45) is 5.41 Å². The predicted molar refractivity (Wildman–Crippen MR) is 134 cm³/mol. The molecule has 2 fully saturated rings. The molecular weight excluding hydrogens is 484 g/mol. The fourth-order valence-corrected chi connectivity index (χ4v) is 4.89. The number of carbonyl (C=O) groups excluding carboxylic acids is 2. The molecule has 11 heteroatoms. The van der Waals surface area contributed by atoms with Gasteiger partial charge in [0.05, 0.1) is 10.5 Å². The largest absolute Gasteiger partial charge is 0.474 e. The third-order valence-electron chi connectivity index (χ3n) is 6.10. The van der Waals surface area contributed by atoms with Crippen molar-refractivity contribution in [3.8, 4) is 17.5 Å². The number of amides is 3. The maximum Gasteiger partial charge on any atom is 0.407 e. The molecule has 3 amide bonds. The number of rotatable bonds is 5. The predicted octanol–water partition coefficient (Wildman–Crippen LogP) is 4.84. The number of likely N-dealkylation sites (tertiary alicyclic amines) is 1. The van der Waals surface area contributed by atoms with Crippen LogP contribution in [0.4, 0.5) is 9.59 Å². The van der Waals surface area contributed by atoms with Crippen LogP contribution in [-0.4, -0.2) is 55.9 Å². The van der Waals surface area contributed by atoms with E-state index in [4.69, 9.17) is 9.47 Å². The maximum atomic E-state index is 11.7. The second-order valence-corrected chi connectivity index (χ2v) is 10.8. The minimum absolute atomic E-state index is 0.174. The lowest BCUT2D eigenvalue weighted by molar-refractivity contribution is -0.115. The van der Waals surface area contributed by atoms with Crippen LogP contribution in [0.1, 0.15) is 44.7 Å². The number of hydrogen-bond donors (Lipinski definition) is 2. The molecule has 2 aliphatic rings. The summed E-state index contributed by atoms with van der Waals surface area (Å²) in [5.41, 5.74) is 1.15. The molecule has 0 spiro atoms. The van der Waals surface area contributed by atoms with E-state index in [9.17, 15) is 19.5 Å². The van der Waals surface area contributed by atoms with E-state index >= 15 is 0 Å². The van der Waals surface area contributed by atoms with Crippen LogP contribution in [0.3, 0.4) is 0 Å². The number of carboxylic acid groups (broad SMARTS) is 1. The molecule has 2 aromatic rings. The van der Waals surface area contributed by atoms with Crippen LogP contribution < -0.4 is 14.8 Å². The second kappa shape index (κ2) is 10.2. The lowest BCUT2D eigenvalue weighted by Crippen LogP contribution is -2.53. The highest BCUT2D eigenvalue weighted by Crippen LogP contribution is 2.35. The normalized spacial score (nSPS) is 21.4. The molecule has 2 N–H and O–H groups in total. The third-order valence-corrected chi connectivity index (χ3v) is 6.91. The fourth-order valence-electron chi connectivity index (χ4n) is 4.20. The first-order valence-corrected chi connectivity index (χ1v) is 12.3. The number of nitrogens with zero attached hydrogens (tertiary/aromatic N) is 3. The Bertz CT molecular complexity index is 1210. The van der Waals surface area contributed by atoms with Crippen LogP contribution in [-0.2, 0) is 4.79 Å². The number of carbonyl (C=O) groups is 3. The van der Waals surface area contributed by atoms with E-state index in [0.717, 1.165) is 17.3 Å². The van der Waals surface area contributed by atoms with Gasteiger partial charge in [-0.15, -0.1) is 0 Å². The molecule has 0 aliphatic carbocycles. The molecule has 2 atom stereocenters. The van der Waals surface area contributed by atoms with Gasteiger partial charge in [0.25, 0.3) is 11.1 Å². The Balaban J connectivity index is 1.44. The fraction of sp³-hybridized carbons (Fsp3) is 0.400. The molecule has 0 saturated carbocycles. The molecule has 2 saturated heterocycles. The summed E-state index contributed by atoms with van der Waals surface area (Å²) in [6, 6.07) is 6.85. The van der Waals surface area contributed by atoms with Crippen molar-refractivity contribution in [1.82, 2.24) is 20.2 Å². The summed E-state index contributed by atoms with van der Waals surface area (Å²) in [5.74, 6) is 0.874. The topological polar surface area (TPSA) is 131 Å². The molecular formula is C25H28N4O6S. The highest BCUT2D eigenvalue weighted by Gasteiger charge is 2.39. The SMILES string of the molecule is Cc1c(Oc2ccc(C=C3SC(=O)NC3=O)cc2)ncnc1OC1CCN(C(=O)O)C(C(C)(C)C)C1. The Morgan fingerprint density at radius 1 is 1.19 bits per heavy atom. The van der Waals surface area contributed by atoms with Gasteiger partial charge < -0.3 is 19.5 Å². The Morgan fingerprint density at radius 2 is 1.89 bits per heavy atom. The third kappa shape index (κ3) is 5.78. The number of imide groups is 1. The minimum atomic E-state index is -0.914. The van der Waals surface area contributed by atoms with Crippen LogP contribution >= 0.6 is 11.8 Å². The molecule has 0 bridgehead atoms. The van der Waals surface area contributed by atoms with E-state index in [0.29, 0.717) is 47.4 Å². The van der Waals surface area contributed by atoms with Crippen LogP contribution in [0.2, 0.25) is 0 Å². The highest BCUT2D eigenvalue weighted by atomic mass is 32.2. The standard InChI is InChI=1S/C25H28N4O6S/c1-14-21(34-16-7-5-15(6-8-16)11-18-20(30)28-23(31)36-18)26-13-27-22(14)35-17-9-10-29(24(32)33)19(12-17)25(2,3)4/h5-8,11,13,17,19H,9-10,12H2,1-4H3,(H,32,33)(H,28,30,31). The Hall–Kier alpha value is -3.60. The lowest BCUT2D eigenvalue weighted by Gasteiger charge is -2.44. The van der Waals surface area contributed by atoms with E-state index in [-0.39, 0.29) is 22.8 Å². The number of nitrogens with one attached hydrogen (secondary N) is 1. The Kier molecular flexibility index (Phi) is 7.21. The van der Waals surface area contributed by atoms with Gasteiger partial charge in [0.15, 0.2) is 0 Å². The summed E-state index contributed by atoms with van der Waals surface area (Å²) >= 11 is 0.864. The van der Waals surface area contributed by atoms with Crippen LogP contribution in [0.25, 0.3) is 6.08 Å². The number of thioether (sulfide) groups is 1. The Morgan fingerprint density at radius 3 is 2.50 bits per heavy atom. The van der Waals surface area contributed by atoms with Gasteiger partial charge in [-0.3, -0.25) is 14.9 Å². The number of aromatic nitrogens is 2. The average Bonchev–Trinajstić information content (AvgIpc) is 3.13. The summed E-state index contributed by atoms with van der Waals surface area (Å²) in [7, 11) is 0. The van der Waals surface area contributed by atoms with Gasteiger partial charge in [-0.05, 0) is 47.9 Å². The first-order chi connectivity index (χ1) is 17.0. The maximum absolute atomic E-state index is 11.7. The molecule has 0 radical (unpaired) electrons. The quantitative estimate of drug-likeness (QED) is 0.540. The molecule has 10 nitrogen and oxygen atoms in total. The van der Waals surface area contributed by atoms with Crippen molar-refractivity contribution in [3.05, 3.63) is 46.6 Å². The van der Waals surface area contributed by atoms with Gasteiger partial charge in [-0.1, -0.05) is 32.9 Å². The molecule has 2 unspecified atom stereocenters. The summed E-state index contributed by atoms with van der Waals surface area (Å²) in [5, 5.41) is 11.4. The van der Waals surface area contributed by atoms with Gasteiger partial charge in [0.1, 0.15) is 18.2 Å². The monoisotopic (exact) mass is 512 g/mol. The summed E-state index contributed by atoms with van der Waals surface area (Å²) in [6.07, 6.45) is 3.04. The number of benzene rings is 1. The summed E-state index contributed by atoms with van der Waals surface area (Å²) in [4.78, 5) is 45.1. The molecule has 3 heterocycles. The van der Waals surface area contributed by atoms with Crippen LogP contribution in [0, 0.1) is 12.3 Å². The van der Waals surface area contributed by atoms with E-state index in [2.05, 4.69) is 15.3 Å². The van der Waals surface area contributed by atoms with Crippen molar-refractivity contribution in [1.29, 1.82) is 0 Å². The van der Waals surface area contributed by atoms with Crippen molar-refractivity contribution in [2.75, 3.05) is 6.54 Å². The van der Waals surface area contributed by atoms with Gasteiger partial charge in [0.2, 0.25) is 11.8 Å².